The monoisotopic (exact) mass is 552 g/mol. The van der Waals surface area contributed by atoms with E-state index >= 15 is 0 Å². The largest absolute Gasteiger partial charge is 0.478 e. The predicted octanol–water partition coefficient (Wildman–Crippen LogP) is 7.21. The zero-order chi connectivity index (χ0) is 30.2. The molecule has 0 saturated heterocycles. The summed E-state index contributed by atoms with van der Waals surface area (Å²) in [6.45, 7) is 10.7. The number of aromatic carboxylic acids is 1. The van der Waals surface area contributed by atoms with Crippen LogP contribution in [0.4, 0.5) is 0 Å². The first-order chi connectivity index (χ1) is 19.8. The molecule has 0 unspecified atom stereocenters. The van der Waals surface area contributed by atoms with Crippen molar-refractivity contribution in [2.75, 3.05) is 7.05 Å². The molecule has 1 heterocycles. The number of carbonyl (C=O) groups is 2. The van der Waals surface area contributed by atoms with E-state index in [2.05, 4.69) is 59.3 Å². The smallest absolute Gasteiger partial charge is 0.335 e. The van der Waals surface area contributed by atoms with Gasteiger partial charge < -0.3 is 10.4 Å². The van der Waals surface area contributed by atoms with Crippen LogP contribution in [-0.2, 0) is 13.6 Å². The summed E-state index contributed by atoms with van der Waals surface area (Å²) in [5.41, 5.74) is 8.41. The first kappa shape index (κ1) is 32.6. The van der Waals surface area contributed by atoms with Gasteiger partial charge in [-0.3, -0.25) is 14.5 Å². The molecule has 0 bridgehead atoms. The summed E-state index contributed by atoms with van der Waals surface area (Å²) in [4.78, 5) is 25.9. The fourth-order valence-electron chi connectivity index (χ4n) is 4.04. The number of benzene rings is 2. The highest BCUT2D eigenvalue weighted by atomic mass is 16.4. The number of hydrogen-bond donors (Lipinski definition) is 2. The Kier molecular flexibility index (Phi) is 13.6. The number of aliphatic imine (C=N–C) groups is 1. The van der Waals surface area contributed by atoms with Gasteiger partial charge in [-0.1, -0.05) is 48.6 Å². The molecule has 0 aliphatic heterocycles. The first-order valence-corrected chi connectivity index (χ1v) is 13.5. The number of nitrogens with zero attached hydrogens (tertiary/aromatic N) is 3. The number of rotatable bonds is 12. The van der Waals surface area contributed by atoms with Crippen LogP contribution < -0.4 is 5.32 Å². The molecule has 1 aromatic heterocycles. The molecular formula is C34H40N4O3. The van der Waals surface area contributed by atoms with Crippen molar-refractivity contribution >= 4 is 24.5 Å². The van der Waals surface area contributed by atoms with Gasteiger partial charge in [0.05, 0.1) is 11.3 Å². The van der Waals surface area contributed by atoms with Crippen LogP contribution in [-0.4, -0.2) is 40.4 Å². The molecule has 0 radical (unpaired) electrons. The third kappa shape index (κ3) is 10.1. The van der Waals surface area contributed by atoms with Gasteiger partial charge in [-0.25, -0.2) is 4.79 Å². The van der Waals surface area contributed by atoms with Crippen LogP contribution in [0.25, 0.3) is 17.3 Å². The zero-order valence-corrected chi connectivity index (χ0v) is 24.6. The summed E-state index contributed by atoms with van der Waals surface area (Å²) < 4.78 is 1.74. The lowest BCUT2D eigenvalue weighted by atomic mass is 9.95. The van der Waals surface area contributed by atoms with E-state index < -0.39 is 5.97 Å². The van der Waals surface area contributed by atoms with Crippen molar-refractivity contribution in [3.63, 3.8) is 0 Å². The second-order valence-electron chi connectivity index (χ2n) is 9.30. The van der Waals surface area contributed by atoms with Crippen molar-refractivity contribution in [1.82, 2.24) is 15.1 Å². The normalized spacial score (nSPS) is 11.9. The molecule has 0 aliphatic rings. The molecule has 41 heavy (non-hydrogen) atoms. The van der Waals surface area contributed by atoms with Gasteiger partial charge in [0.1, 0.15) is 5.69 Å². The Morgan fingerprint density at radius 2 is 1.88 bits per heavy atom. The van der Waals surface area contributed by atoms with Gasteiger partial charge in [-0.15, -0.1) is 6.58 Å². The molecule has 7 nitrogen and oxygen atoms in total. The molecule has 2 aromatic carbocycles. The van der Waals surface area contributed by atoms with Crippen LogP contribution in [0.5, 0.6) is 0 Å². The maximum absolute atomic E-state index is 11.1. The first-order valence-electron chi connectivity index (χ1n) is 13.5. The highest BCUT2D eigenvalue weighted by Gasteiger charge is 2.10. The molecule has 0 fully saturated rings. The van der Waals surface area contributed by atoms with Crippen LogP contribution in [0.2, 0.25) is 0 Å². The van der Waals surface area contributed by atoms with Crippen LogP contribution in [0.1, 0.15) is 64.2 Å². The third-order valence-corrected chi connectivity index (χ3v) is 6.25. The van der Waals surface area contributed by atoms with Gasteiger partial charge in [0.15, 0.2) is 6.29 Å². The molecule has 3 aromatic rings. The number of carboxylic acids is 1. The highest BCUT2D eigenvalue weighted by molar-refractivity contribution is 5.88. The zero-order valence-electron chi connectivity index (χ0n) is 24.6. The molecule has 0 amide bonds. The lowest BCUT2D eigenvalue weighted by Crippen LogP contribution is -2.05. The molecule has 0 aliphatic carbocycles. The third-order valence-electron chi connectivity index (χ3n) is 6.25. The standard InChI is InChI=1S/C25H29N3O.C9H11NO2/c1-6-9-10-21(20(8-3)17-26-13-7-2)14-23-15-22(12-11-19(23)4)25-16-24(18-29)27-28(25)5;1-10-6-7-2-4-8(5-3-7)9(11)12/h6-8,11-18H,1,9-10H2,2-5H3;2-5,10H,6H2,1H3,(H,11,12)/b13-7-,20-8+,21-14+,26-17-;. The highest BCUT2D eigenvalue weighted by Crippen LogP contribution is 2.26. The van der Waals surface area contributed by atoms with Crippen molar-refractivity contribution in [2.24, 2.45) is 12.0 Å². The lowest BCUT2D eigenvalue weighted by Gasteiger charge is -2.11. The molecule has 214 valence electrons. The van der Waals surface area contributed by atoms with E-state index in [4.69, 9.17) is 5.11 Å². The number of allylic oxidation sites excluding steroid dienone is 5. The van der Waals surface area contributed by atoms with Crippen molar-refractivity contribution in [3.8, 4) is 11.3 Å². The lowest BCUT2D eigenvalue weighted by molar-refractivity contribution is 0.0696. The number of aryl methyl sites for hydroxylation is 2. The summed E-state index contributed by atoms with van der Waals surface area (Å²) >= 11 is 0. The fourth-order valence-corrected chi connectivity index (χ4v) is 4.04. The number of aromatic nitrogens is 2. The second kappa shape index (κ2) is 17.2. The SMILES string of the molecule is C=CCCC(=C\c1cc(-c2cc(C=O)nn2C)ccc1C)/C(/C=N\C=C/C)=C/C.CNCc1ccc(C(=O)O)cc1. The Bertz CT molecular complexity index is 1440. The van der Waals surface area contributed by atoms with Crippen molar-refractivity contribution in [3.05, 3.63) is 119 Å². The average molecular weight is 553 g/mol. The van der Waals surface area contributed by atoms with Crippen LogP contribution in [0, 0.1) is 6.92 Å². The minimum absolute atomic E-state index is 0.329. The molecular weight excluding hydrogens is 512 g/mol. The Morgan fingerprint density at radius 1 is 1.15 bits per heavy atom. The summed E-state index contributed by atoms with van der Waals surface area (Å²) in [5, 5.41) is 15.8. The van der Waals surface area contributed by atoms with E-state index in [0.717, 1.165) is 53.6 Å². The van der Waals surface area contributed by atoms with E-state index in [1.165, 1.54) is 11.1 Å². The number of nitrogens with one attached hydrogen (secondary N) is 1. The summed E-state index contributed by atoms with van der Waals surface area (Å²) in [7, 11) is 3.70. The quantitative estimate of drug-likeness (QED) is 0.107. The number of carbonyl (C=O) groups excluding carboxylic acids is 1. The molecule has 0 spiro atoms. The van der Waals surface area contributed by atoms with E-state index in [1.54, 1.807) is 35.1 Å². The maximum atomic E-state index is 11.1. The molecule has 2 N–H and O–H groups in total. The Hall–Kier alpha value is -4.62. The Labute approximate surface area is 243 Å². The maximum Gasteiger partial charge on any atom is 0.335 e. The van der Waals surface area contributed by atoms with E-state index in [0.29, 0.717) is 11.3 Å². The number of hydrogen-bond acceptors (Lipinski definition) is 5. The minimum Gasteiger partial charge on any atom is -0.478 e. The van der Waals surface area contributed by atoms with Crippen LogP contribution in [0.3, 0.4) is 0 Å². The topological polar surface area (TPSA) is 96.6 Å². The van der Waals surface area contributed by atoms with Gasteiger partial charge in [-0.2, -0.15) is 5.10 Å². The summed E-state index contributed by atoms with van der Waals surface area (Å²) in [6.07, 6.45) is 14.4. The minimum atomic E-state index is -0.883. The number of carboxylic acid groups (broad SMARTS) is 1. The van der Waals surface area contributed by atoms with E-state index in [-0.39, 0.29) is 0 Å². The van der Waals surface area contributed by atoms with Crippen molar-refractivity contribution in [2.45, 2.75) is 40.2 Å². The van der Waals surface area contributed by atoms with Crippen molar-refractivity contribution < 1.29 is 14.7 Å². The van der Waals surface area contributed by atoms with E-state index in [9.17, 15) is 9.59 Å². The van der Waals surface area contributed by atoms with Crippen LogP contribution >= 0.6 is 0 Å². The molecule has 7 heteroatoms. The second-order valence-corrected chi connectivity index (χ2v) is 9.30. The Balaban J connectivity index is 0.000000408. The fraction of sp³-hybridized carbons (Fsp3) is 0.235. The van der Waals surface area contributed by atoms with Gasteiger partial charge in [0, 0.05) is 31.6 Å². The average Bonchev–Trinajstić information content (AvgIpc) is 3.36. The summed E-state index contributed by atoms with van der Waals surface area (Å²) in [6, 6.07) is 14.9. The van der Waals surface area contributed by atoms with E-state index in [1.807, 2.05) is 52.4 Å². The number of aldehydes is 1. The van der Waals surface area contributed by atoms with Gasteiger partial charge in [0.2, 0.25) is 0 Å². The van der Waals surface area contributed by atoms with Gasteiger partial charge >= 0.3 is 5.97 Å². The van der Waals surface area contributed by atoms with Gasteiger partial charge in [-0.05, 0) is 92.8 Å². The van der Waals surface area contributed by atoms with Crippen LogP contribution in [0.15, 0.2) is 95.7 Å². The predicted molar refractivity (Wildman–Crippen MR) is 169 cm³/mol. The van der Waals surface area contributed by atoms with Gasteiger partial charge in [0.25, 0.3) is 0 Å². The van der Waals surface area contributed by atoms with Crippen molar-refractivity contribution in [1.29, 1.82) is 0 Å². The molecule has 3 rings (SSSR count). The summed E-state index contributed by atoms with van der Waals surface area (Å²) in [5.74, 6) is -0.883. The molecule has 0 atom stereocenters. The molecule has 0 saturated carbocycles. The Morgan fingerprint density at radius 3 is 2.44 bits per heavy atom.